The van der Waals surface area contributed by atoms with Crippen LogP contribution in [0.25, 0.3) is 22.4 Å². The van der Waals surface area contributed by atoms with Gasteiger partial charge in [-0.15, -0.1) is 0 Å². The van der Waals surface area contributed by atoms with Gasteiger partial charge in [0.1, 0.15) is 22.7 Å². The van der Waals surface area contributed by atoms with E-state index in [1.807, 2.05) is 61.5 Å². The van der Waals surface area contributed by atoms with Crippen molar-refractivity contribution in [2.24, 2.45) is 0 Å². The number of rotatable bonds is 7. The monoisotopic (exact) mass is 483 g/mol. The van der Waals surface area contributed by atoms with E-state index in [0.29, 0.717) is 33.3 Å². The van der Waals surface area contributed by atoms with Crippen LogP contribution < -0.4 is 10.1 Å². The lowest BCUT2D eigenvalue weighted by Crippen LogP contribution is -2.14. The van der Waals surface area contributed by atoms with E-state index in [9.17, 15) is 14.4 Å². The van der Waals surface area contributed by atoms with E-state index in [2.05, 4.69) is 11.4 Å². The number of nitrogens with one attached hydrogen (secondary N) is 1. The zero-order chi connectivity index (χ0) is 24.8. The highest BCUT2D eigenvalue weighted by Gasteiger charge is 2.19. The molecule has 35 heavy (non-hydrogen) atoms. The Balaban J connectivity index is 1.72. The zero-order valence-electron chi connectivity index (χ0n) is 19.2. The first-order valence-electron chi connectivity index (χ1n) is 10.8. The third kappa shape index (κ3) is 5.68. The molecule has 4 rings (SSSR count). The SMILES string of the molecule is COc1ccccc1-c1cc(-c2ccc(C)cc2)nc(SCC(=O)Nc2ccc(F)cc2)c1C#N. The fourth-order valence-corrected chi connectivity index (χ4v) is 4.35. The standard InChI is InChI=1S/C28H22FN3O2S/c1-18-7-9-19(10-8-18)25-15-23(22-5-3-4-6-26(22)34-2)24(16-30)28(32-25)35-17-27(33)31-21-13-11-20(29)12-14-21/h3-15H,17H2,1-2H3,(H,31,33). The summed E-state index contributed by atoms with van der Waals surface area (Å²) in [6.07, 6.45) is 0. The van der Waals surface area contributed by atoms with Crippen LogP contribution in [0.5, 0.6) is 5.75 Å². The van der Waals surface area contributed by atoms with Crippen molar-refractivity contribution in [2.45, 2.75) is 11.9 Å². The number of thioether (sulfide) groups is 1. The molecule has 0 aliphatic carbocycles. The maximum absolute atomic E-state index is 13.1. The van der Waals surface area contributed by atoms with E-state index in [-0.39, 0.29) is 17.5 Å². The molecular formula is C28H22FN3O2S. The fourth-order valence-electron chi connectivity index (χ4n) is 3.55. The number of methoxy groups -OCH3 is 1. The minimum Gasteiger partial charge on any atom is -0.496 e. The van der Waals surface area contributed by atoms with Crippen LogP contribution >= 0.6 is 11.8 Å². The lowest BCUT2D eigenvalue weighted by atomic mass is 9.98. The van der Waals surface area contributed by atoms with E-state index in [0.717, 1.165) is 16.7 Å². The van der Waals surface area contributed by atoms with E-state index in [4.69, 9.17) is 9.72 Å². The number of carbonyl (C=O) groups excluding carboxylic acids is 1. The molecule has 0 saturated carbocycles. The lowest BCUT2D eigenvalue weighted by molar-refractivity contribution is -0.113. The summed E-state index contributed by atoms with van der Waals surface area (Å²) in [5.41, 5.74) is 5.01. The Morgan fingerprint density at radius 3 is 2.46 bits per heavy atom. The highest BCUT2D eigenvalue weighted by atomic mass is 32.2. The van der Waals surface area contributed by atoms with Crippen molar-refractivity contribution in [3.05, 3.63) is 95.8 Å². The fraction of sp³-hybridized carbons (Fsp3) is 0.107. The summed E-state index contributed by atoms with van der Waals surface area (Å²) in [7, 11) is 1.59. The highest BCUT2D eigenvalue weighted by Crippen LogP contribution is 2.38. The van der Waals surface area contributed by atoms with Crippen molar-refractivity contribution in [1.82, 2.24) is 4.98 Å². The molecule has 4 aromatic rings. The number of nitriles is 1. The van der Waals surface area contributed by atoms with Gasteiger partial charge in [0, 0.05) is 22.4 Å². The number of benzene rings is 3. The van der Waals surface area contributed by atoms with Crippen molar-refractivity contribution >= 4 is 23.4 Å². The molecule has 0 bridgehead atoms. The van der Waals surface area contributed by atoms with Crippen LogP contribution in [-0.4, -0.2) is 23.8 Å². The Kier molecular flexibility index (Phi) is 7.44. The number of para-hydroxylation sites is 1. The Labute approximate surface area is 207 Å². The summed E-state index contributed by atoms with van der Waals surface area (Å²) in [6.45, 7) is 2.01. The number of amides is 1. The molecule has 7 heteroatoms. The predicted octanol–water partition coefficient (Wildman–Crippen LogP) is 6.47. The molecule has 0 fully saturated rings. The van der Waals surface area contributed by atoms with Gasteiger partial charge in [-0.2, -0.15) is 5.26 Å². The number of ether oxygens (including phenoxy) is 1. The van der Waals surface area contributed by atoms with Crippen molar-refractivity contribution in [2.75, 3.05) is 18.2 Å². The second kappa shape index (κ2) is 10.9. The molecule has 3 aromatic carbocycles. The second-order valence-corrected chi connectivity index (χ2v) is 8.72. The Hall–Kier alpha value is -4.15. The van der Waals surface area contributed by atoms with Crippen LogP contribution in [0.4, 0.5) is 10.1 Å². The van der Waals surface area contributed by atoms with Gasteiger partial charge in [0.25, 0.3) is 0 Å². The molecule has 1 N–H and O–H groups in total. The Bertz CT molecular complexity index is 1400. The van der Waals surface area contributed by atoms with Crippen molar-refractivity contribution in [3.63, 3.8) is 0 Å². The summed E-state index contributed by atoms with van der Waals surface area (Å²) in [5.74, 6) is 0.000799. The van der Waals surface area contributed by atoms with Crippen LogP contribution in [0.15, 0.2) is 83.9 Å². The third-order valence-electron chi connectivity index (χ3n) is 5.31. The summed E-state index contributed by atoms with van der Waals surface area (Å²) in [6, 6.07) is 25.1. The molecule has 0 aliphatic heterocycles. The molecule has 174 valence electrons. The number of aryl methyl sites for hydroxylation is 1. The third-order valence-corrected chi connectivity index (χ3v) is 6.29. The molecule has 0 spiro atoms. The number of anilines is 1. The Morgan fingerprint density at radius 2 is 1.77 bits per heavy atom. The maximum atomic E-state index is 13.1. The van der Waals surface area contributed by atoms with Gasteiger partial charge < -0.3 is 10.1 Å². The average Bonchev–Trinajstić information content (AvgIpc) is 2.88. The highest BCUT2D eigenvalue weighted by molar-refractivity contribution is 8.00. The summed E-state index contributed by atoms with van der Waals surface area (Å²) in [5, 5.41) is 13.3. The minimum atomic E-state index is -0.378. The van der Waals surface area contributed by atoms with Crippen molar-refractivity contribution in [3.8, 4) is 34.2 Å². The molecule has 0 atom stereocenters. The van der Waals surface area contributed by atoms with Gasteiger partial charge in [0.2, 0.25) is 5.91 Å². The maximum Gasteiger partial charge on any atom is 0.234 e. The molecule has 0 saturated heterocycles. The van der Waals surface area contributed by atoms with E-state index in [1.54, 1.807) is 7.11 Å². The number of nitrogens with zero attached hydrogens (tertiary/aromatic N) is 2. The lowest BCUT2D eigenvalue weighted by Gasteiger charge is -2.15. The zero-order valence-corrected chi connectivity index (χ0v) is 20.0. The van der Waals surface area contributed by atoms with Gasteiger partial charge in [0.05, 0.1) is 24.1 Å². The molecule has 1 heterocycles. The minimum absolute atomic E-state index is 0.0295. The summed E-state index contributed by atoms with van der Waals surface area (Å²) >= 11 is 1.18. The summed E-state index contributed by atoms with van der Waals surface area (Å²) in [4.78, 5) is 17.3. The first-order chi connectivity index (χ1) is 17.0. The van der Waals surface area contributed by atoms with Crippen molar-refractivity contribution in [1.29, 1.82) is 5.26 Å². The number of aromatic nitrogens is 1. The number of hydrogen-bond donors (Lipinski definition) is 1. The molecule has 0 aliphatic rings. The second-order valence-electron chi connectivity index (χ2n) is 7.76. The molecule has 1 aromatic heterocycles. The van der Waals surface area contributed by atoms with Crippen LogP contribution in [0, 0.1) is 24.1 Å². The van der Waals surface area contributed by atoms with E-state index < -0.39 is 0 Å². The number of pyridine rings is 1. The summed E-state index contributed by atoms with van der Waals surface area (Å²) < 4.78 is 18.7. The molecule has 1 amide bonds. The molecular weight excluding hydrogens is 461 g/mol. The van der Waals surface area contributed by atoms with Crippen molar-refractivity contribution < 1.29 is 13.9 Å². The first-order valence-corrected chi connectivity index (χ1v) is 11.8. The van der Waals surface area contributed by atoms with E-state index >= 15 is 0 Å². The number of halogens is 1. The van der Waals surface area contributed by atoms with E-state index in [1.165, 1.54) is 36.0 Å². The topological polar surface area (TPSA) is 75.0 Å². The van der Waals surface area contributed by atoms with Gasteiger partial charge in [-0.25, -0.2) is 9.37 Å². The van der Waals surface area contributed by atoms with Gasteiger partial charge in [-0.05, 0) is 43.3 Å². The molecule has 0 radical (unpaired) electrons. The van der Waals surface area contributed by atoms with Gasteiger partial charge in [0.15, 0.2) is 0 Å². The average molecular weight is 484 g/mol. The van der Waals surface area contributed by atoms with Gasteiger partial charge >= 0.3 is 0 Å². The predicted molar refractivity (Wildman–Crippen MR) is 137 cm³/mol. The van der Waals surface area contributed by atoms with Crippen LogP contribution in [0.2, 0.25) is 0 Å². The largest absolute Gasteiger partial charge is 0.496 e. The first kappa shape index (κ1) is 24.0. The number of hydrogen-bond acceptors (Lipinski definition) is 5. The van der Waals surface area contributed by atoms with Gasteiger partial charge in [-0.3, -0.25) is 4.79 Å². The van der Waals surface area contributed by atoms with Crippen LogP contribution in [0.3, 0.4) is 0 Å². The normalized spacial score (nSPS) is 10.5. The molecule has 5 nitrogen and oxygen atoms in total. The molecule has 0 unspecified atom stereocenters. The van der Waals surface area contributed by atoms with Gasteiger partial charge in [-0.1, -0.05) is 59.8 Å². The Morgan fingerprint density at radius 1 is 1.06 bits per heavy atom. The van der Waals surface area contributed by atoms with Crippen LogP contribution in [0.1, 0.15) is 11.1 Å². The van der Waals surface area contributed by atoms with Crippen LogP contribution in [-0.2, 0) is 4.79 Å². The number of carbonyl (C=O) groups is 1. The quantitative estimate of drug-likeness (QED) is 0.305. The smallest absolute Gasteiger partial charge is 0.234 e.